The van der Waals surface area contributed by atoms with Crippen molar-refractivity contribution in [2.45, 2.75) is 50.7 Å². The lowest BCUT2D eigenvalue weighted by molar-refractivity contribution is 0.0792. The molecule has 1 aromatic heterocycles. The molecule has 1 N–H and O–H groups in total. The average Bonchev–Trinajstić information content (AvgIpc) is 3.28. The second-order valence-corrected chi connectivity index (χ2v) is 15.0. The van der Waals surface area contributed by atoms with Crippen molar-refractivity contribution in [3.8, 4) is 23.1 Å². The zero-order valence-electron chi connectivity index (χ0n) is 18.6. The molecule has 6 nitrogen and oxygen atoms in total. The molecule has 0 fully saturated rings. The van der Waals surface area contributed by atoms with Crippen LogP contribution in [0.4, 0.5) is 0 Å². The lowest BCUT2D eigenvalue weighted by atomic mass is 9.76. The van der Waals surface area contributed by atoms with Crippen LogP contribution in [0.1, 0.15) is 23.2 Å². The molecule has 2 aliphatic rings. The normalized spacial score (nSPS) is 19.5. The van der Waals surface area contributed by atoms with Gasteiger partial charge in [0.2, 0.25) is 0 Å². The van der Waals surface area contributed by atoms with Crippen LogP contribution in [-0.2, 0) is 23.3 Å². The molecule has 4 rings (SSSR count). The molecule has 0 saturated heterocycles. The van der Waals surface area contributed by atoms with E-state index in [9.17, 15) is 10.4 Å². The zero-order chi connectivity index (χ0) is 22.2. The molecule has 0 amide bonds. The third kappa shape index (κ3) is 3.82. The van der Waals surface area contributed by atoms with Crippen LogP contribution < -0.4 is 4.74 Å². The van der Waals surface area contributed by atoms with Crippen molar-refractivity contribution in [3.05, 3.63) is 59.0 Å². The number of nitriles is 1. The summed E-state index contributed by atoms with van der Waals surface area (Å²) in [5.41, 5.74) is 3.59. The number of aliphatic hydroxyl groups excluding tert-OH is 1. The zero-order valence-corrected chi connectivity index (χ0v) is 19.6. The Kier molecular flexibility index (Phi) is 5.54. The lowest BCUT2D eigenvalue weighted by Gasteiger charge is -2.25. The minimum Gasteiger partial charge on any atom is -0.510 e. The first-order valence-corrected chi connectivity index (χ1v) is 14.3. The van der Waals surface area contributed by atoms with Gasteiger partial charge in [-0.15, -0.1) is 0 Å². The van der Waals surface area contributed by atoms with E-state index in [1.165, 1.54) is 0 Å². The Hall–Kier alpha value is -2.82. The van der Waals surface area contributed by atoms with Gasteiger partial charge in [-0.05, 0) is 36.2 Å². The molecule has 7 heteroatoms. The highest BCUT2D eigenvalue weighted by molar-refractivity contribution is 6.76. The van der Waals surface area contributed by atoms with Gasteiger partial charge in [0.1, 0.15) is 18.2 Å². The predicted molar refractivity (Wildman–Crippen MR) is 123 cm³/mol. The minimum atomic E-state index is -1.20. The number of hydrogen-bond acceptors (Lipinski definition) is 5. The molecule has 1 atom stereocenters. The van der Waals surface area contributed by atoms with Gasteiger partial charge in [0.15, 0.2) is 5.41 Å². The van der Waals surface area contributed by atoms with Gasteiger partial charge in [-0.2, -0.15) is 10.4 Å². The molecule has 0 spiro atoms. The molecular formula is C24H29N3O3Si. The van der Waals surface area contributed by atoms with E-state index in [-0.39, 0.29) is 5.76 Å². The van der Waals surface area contributed by atoms with Crippen LogP contribution >= 0.6 is 0 Å². The van der Waals surface area contributed by atoms with E-state index < -0.39 is 13.5 Å². The van der Waals surface area contributed by atoms with Crippen LogP contribution in [-0.4, -0.2) is 36.7 Å². The summed E-state index contributed by atoms with van der Waals surface area (Å²) in [5, 5.41) is 25.7. The summed E-state index contributed by atoms with van der Waals surface area (Å²) in [4.78, 5) is 0. The van der Waals surface area contributed by atoms with E-state index in [1.54, 1.807) is 19.3 Å². The van der Waals surface area contributed by atoms with Gasteiger partial charge in [-0.25, -0.2) is 4.68 Å². The van der Waals surface area contributed by atoms with Gasteiger partial charge in [-0.1, -0.05) is 37.9 Å². The summed E-state index contributed by atoms with van der Waals surface area (Å²) >= 11 is 0. The quantitative estimate of drug-likeness (QED) is 0.420. The largest absolute Gasteiger partial charge is 0.510 e. The Morgan fingerprint density at radius 3 is 2.81 bits per heavy atom. The Morgan fingerprint density at radius 2 is 2.13 bits per heavy atom. The first kappa shape index (κ1) is 21.4. The number of ether oxygens (including phenoxy) is 2. The van der Waals surface area contributed by atoms with Gasteiger partial charge in [0, 0.05) is 32.2 Å². The van der Waals surface area contributed by atoms with E-state index in [4.69, 9.17) is 14.6 Å². The van der Waals surface area contributed by atoms with Crippen LogP contribution in [0.5, 0.6) is 5.75 Å². The SMILES string of the molecule is COc1ccc2c(c1)-c1c(c(C3(C#N)CC=CC=C3O)nn1COCC[Si](C)(C)C)C2. The average molecular weight is 436 g/mol. The Bertz CT molecular complexity index is 1100. The van der Waals surface area contributed by atoms with Crippen LogP contribution in [0.3, 0.4) is 0 Å². The molecule has 0 saturated carbocycles. The molecular weight excluding hydrogens is 406 g/mol. The maximum absolute atomic E-state index is 10.7. The molecule has 1 heterocycles. The smallest absolute Gasteiger partial charge is 0.161 e. The van der Waals surface area contributed by atoms with Crippen molar-refractivity contribution in [3.63, 3.8) is 0 Å². The Labute approximate surface area is 184 Å². The van der Waals surface area contributed by atoms with Crippen LogP contribution in [0, 0.1) is 11.3 Å². The fourth-order valence-electron chi connectivity index (χ4n) is 4.21. The highest BCUT2D eigenvalue weighted by Gasteiger charge is 2.44. The molecule has 1 unspecified atom stereocenters. The van der Waals surface area contributed by atoms with Gasteiger partial charge in [0.25, 0.3) is 0 Å². The second kappa shape index (κ2) is 8.02. The Balaban J connectivity index is 1.77. The summed E-state index contributed by atoms with van der Waals surface area (Å²) in [6.07, 6.45) is 6.34. The molecule has 162 valence electrons. The third-order valence-electron chi connectivity index (χ3n) is 6.05. The van der Waals surface area contributed by atoms with Gasteiger partial charge >= 0.3 is 0 Å². The standard InChI is InChI=1S/C24H29N3O3Si/c1-29-18-9-8-17-13-20-22(19(17)14-18)27(16-30-11-12-31(2,3)4)26-23(20)24(15-25)10-6-5-7-21(24)28/h5-9,14,28H,10-13,16H2,1-4H3. The van der Waals surface area contributed by atoms with E-state index in [0.29, 0.717) is 31.9 Å². The number of aromatic nitrogens is 2. The summed E-state index contributed by atoms with van der Waals surface area (Å²) < 4.78 is 13.3. The highest BCUT2D eigenvalue weighted by Crippen LogP contribution is 2.46. The summed E-state index contributed by atoms with van der Waals surface area (Å²) in [7, 11) is 0.458. The van der Waals surface area contributed by atoms with Gasteiger partial charge in [0.05, 0.1) is 24.6 Å². The molecule has 0 radical (unpaired) electrons. The monoisotopic (exact) mass is 435 g/mol. The van der Waals surface area contributed by atoms with E-state index in [0.717, 1.165) is 34.2 Å². The van der Waals surface area contributed by atoms with Crippen LogP contribution in [0.2, 0.25) is 25.7 Å². The number of benzene rings is 1. The van der Waals surface area contributed by atoms with Crippen molar-refractivity contribution in [2.24, 2.45) is 0 Å². The number of methoxy groups -OCH3 is 1. The Morgan fingerprint density at radius 1 is 1.32 bits per heavy atom. The second-order valence-electron chi connectivity index (χ2n) is 9.42. The number of aliphatic hydroxyl groups is 1. The van der Waals surface area contributed by atoms with Gasteiger partial charge in [-0.3, -0.25) is 0 Å². The molecule has 1 aromatic carbocycles. The van der Waals surface area contributed by atoms with Crippen molar-refractivity contribution >= 4 is 8.07 Å². The van der Waals surface area contributed by atoms with E-state index in [1.807, 2.05) is 22.9 Å². The van der Waals surface area contributed by atoms with Crippen molar-refractivity contribution < 1.29 is 14.6 Å². The number of hydrogen-bond donors (Lipinski definition) is 1. The fraction of sp³-hybridized carbons (Fsp3) is 0.417. The predicted octanol–water partition coefficient (Wildman–Crippen LogP) is 4.94. The van der Waals surface area contributed by atoms with Crippen LogP contribution in [0.25, 0.3) is 11.3 Å². The van der Waals surface area contributed by atoms with Crippen LogP contribution in [0.15, 0.2) is 42.2 Å². The molecule has 2 aromatic rings. The summed E-state index contributed by atoms with van der Waals surface area (Å²) in [6.45, 7) is 7.97. The van der Waals surface area contributed by atoms with Crippen molar-refractivity contribution in [1.82, 2.24) is 9.78 Å². The van der Waals surface area contributed by atoms with Crippen molar-refractivity contribution in [2.75, 3.05) is 13.7 Å². The number of fused-ring (bicyclic) bond motifs is 3. The summed E-state index contributed by atoms with van der Waals surface area (Å²) in [6, 6.07) is 9.46. The fourth-order valence-corrected chi connectivity index (χ4v) is 4.96. The number of nitrogens with zero attached hydrogens (tertiary/aromatic N) is 3. The van der Waals surface area contributed by atoms with E-state index in [2.05, 4.69) is 31.8 Å². The first-order valence-electron chi connectivity index (χ1n) is 10.6. The topological polar surface area (TPSA) is 80.3 Å². The maximum atomic E-state index is 10.7. The summed E-state index contributed by atoms with van der Waals surface area (Å²) in [5.74, 6) is 0.817. The van der Waals surface area contributed by atoms with E-state index >= 15 is 0 Å². The first-order chi connectivity index (χ1) is 14.8. The number of rotatable bonds is 7. The minimum absolute atomic E-state index is 0.0399. The molecule has 31 heavy (non-hydrogen) atoms. The third-order valence-corrected chi connectivity index (χ3v) is 7.75. The molecule has 2 aliphatic carbocycles. The maximum Gasteiger partial charge on any atom is 0.161 e. The highest BCUT2D eigenvalue weighted by atomic mass is 28.3. The number of allylic oxidation sites excluding steroid dienone is 4. The lowest BCUT2D eigenvalue weighted by Crippen LogP contribution is -2.30. The molecule has 0 bridgehead atoms. The van der Waals surface area contributed by atoms with Gasteiger partial charge < -0.3 is 14.6 Å². The van der Waals surface area contributed by atoms with Crippen molar-refractivity contribution in [1.29, 1.82) is 5.26 Å². The molecule has 0 aliphatic heterocycles.